The van der Waals surface area contributed by atoms with Crippen molar-refractivity contribution >= 4 is 27.0 Å². The number of aryl methyl sites for hydroxylation is 1. The van der Waals surface area contributed by atoms with E-state index in [1.165, 1.54) is 6.20 Å². The summed E-state index contributed by atoms with van der Waals surface area (Å²) in [5.41, 5.74) is 2.15. The minimum atomic E-state index is -3.55. The van der Waals surface area contributed by atoms with E-state index >= 15 is 0 Å². The molecule has 2 unspecified atom stereocenters. The molecule has 0 saturated carbocycles. The Bertz CT molecular complexity index is 1150. The third-order valence-electron chi connectivity index (χ3n) is 6.18. The molecule has 2 aliphatic heterocycles. The van der Waals surface area contributed by atoms with Crippen LogP contribution in [0.5, 0.6) is 0 Å². The predicted molar refractivity (Wildman–Crippen MR) is 111 cm³/mol. The molecule has 0 spiro atoms. The lowest BCUT2D eigenvalue weighted by molar-refractivity contribution is 0.443. The van der Waals surface area contributed by atoms with Crippen molar-refractivity contribution in [2.24, 2.45) is 18.9 Å². The minimum Gasteiger partial charge on any atom is -0.342 e. The van der Waals surface area contributed by atoms with Gasteiger partial charge in [-0.05, 0) is 37.8 Å². The van der Waals surface area contributed by atoms with Crippen molar-refractivity contribution in [3.05, 3.63) is 36.7 Å². The first-order valence-corrected chi connectivity index (χ1v) is 11.5. The van der Waals surface area contributed by atoms with E-state index in [1.807, 2.05) is 12.1 Å². The fourth-order valence-electron chi connectivity index (χ4n) is 4.79. The predicted octanol–water partition coefficient (Wildman–Crippen LogP) is 2.11. The van der Waals surface area contributed by atoms with E-state index in [0.29, 0.717) is 31.0 Å². The van der Waals surface area contributed by atoms with Crippen molar-refractivity contribution in [3.63, 3.8) is 0 Å². The largest absolute Gasteiger partial charge is 0.342 e. The van der Waals surface area contributed by atoms with Crippen LogP contribution in [0.4, 0.5) is 5.95 Å². The first kappa shape index (κ1) is 18.6. The summed E-state index contributed by atoms with van der Waals surface area (Å²) in [4.78, 5) is 11.3. The van der Waals surface area contributed by atoms with Gasteiger partial charge in [0, 0.05) is 51.7 Å². The average molecular weight is 415 g/mol. The number of aromatic nitrogens is 4. The molecular formula is C20H26N6O2S. The molecule has 4 heterocycles. The molecule has 5 rings (SSSR count). The van der Waals surface area contributed by atoms with Gasteiger partial charge in [-0.15, -0.1) is 0 Å². The summed E-state index contributed by atoms with van der Waals surface area (Å²) in [6.07, 6.45) is 3.20. The van der Waals surface area contributed by atoms with Crippen LogP contribution in [0.2, 0.25) is 0 Å². The van der Waals surface area contributed by atoms with E-state index in [1.54, 1.807) is 22.1 Å². The number of para-hydroxylation sites is 2. The van der Waals surface area contributed by atoms with Crippen LogP contribution in [0, 0.1) is 11.8 Å². The maximum Gasteiger partial charge on any atom is 0.277 e. The van der Waals surface area contributed by atoms with E-state index in [-0.39, 0.29) is 5.16 Å². The number of benzene rings is 1. The average Bonchev–Trinajstić information content (AvgIpc) is 3.41. The summed E-state index contributed by atoms with van der Waals surface area (Å²) in [6, 6.07) is 8.53. The number of hydrogen-bond acceptors (Lipinski definition) is 5. The molecule has 0 N–H and O–H groups in total. The second-order valence-electron chi connectivity index (χ2n) is 8.43. The van der Waals surface area contributed by atoms with E-state index < -0.39 is 10.0 Å². The van der Waals surface area contributed by atoms with E-state index in [0.717, 1.165) is 30.1 Å². The Balaban J connectivity index is 1.39. The smallest absolute Gasteiger partial charge is 0.277 e. The van der Waals surface area contributed by atoms with Gasteiger partial charge < -0.3 is 14.0 Å². The fourth-order valence-corrected chi connectivity index (χ4v) is 6.41. The molecule has 2 saturated heterocycles. The Hall–Kier alpha value is -2.39. The Morgan fingerprint density at radius 2 is 1.76 bits per heavy atom. The molecule has 1 aromatic carbocycles. The van der Waals surface area contributed by atoms with Crippen molar-refractivity contribution in [1.82, 2.24) is 23.4 Å². The standard InChI is InChI=1S/C20H26N6O2S/c1-14(2)26-18-7-5-4-6-17(18)22-19(26)24-10-15-12-25(13-16(15)11-24)29(27,28)20-21-8-9-23(20)3/h4-9,14-16H,10-13H2,1-3H3. The van der Waals surface area contributed by atoms with Gasteiger partial charge in [-0.1, -0.05) is 12.1 Å². The third kappa shape index (κ3) is 2.86. The van der Waals surface area contributed by atoms with Crippen molar-refractivity contribution in [1.29, 1.82) is 0 Å². The zero-order valence-corrected chi connectivity index (χ0v) is 17.7. The summed E-state index contributed by atoms with van der Waals surface area (Å²) in [6.45, 7) is 7.09. The Morgan fingerprint density at radius 3 is 2.38 bits per heavy atom. The van der Waals surface area contributed by atoms with Gasteiger partial charge in [-0.2, -0.15) is 4.31 Å². The Kier molecular flexibility index (Phi) is 4.22. The van der Waals surface area contributed by atoms with Crippen LogP contribution in [-0.2, 0) is 17.1 Å². The molecule has 3 aromatic rings. The second-order valence-corrected chi connectivity index (χ2v) is 10.3. The zero-order chi connectivity index (χ0) is 20.3. The van der Waals surface area contributed by atoms with Gasteiger partial charge in [0.25, 0.3) is 10.0 Å². The van der Waals surface area contributed by atoms with Crippen molar-refractivity contribution in [3.8, 4) is 0 Å². The molecule has 0 bridgehead atoms. The number of anilines is 1. The van der Waals surface area contributed by atoms with Crippen LogP contribution >= 0.6 is 0 Å². The van der Waals surface area contributed by atoms with Gasteiger partial charge in [-0.25, -0.2) is 18.4 Å². The first-order valence-electron chi connectivity index (χ1n) is 10.1. The van der Waals surface area contributed by atoms with E-state index in [9.17, 15) is 8.42 Å². The molecule has 0 amide bonds. The molecule has 2 aliphatic rings. The highest BCUT2D eigenvalue weighted by atomic mass is 32.2. The molecule has 0 aliphatic carbocycles. The maximum absolute atomic E-state index is 13.0. The van der Waals surface area contributed by atoms with Gasteiger partial charge in [0.1, 0.15) is 0 Å². The third-order valence-corrected chi connectivity index (χ3v) is 8.01. The molecule has 29 heavy (non-hydrogen) atoms. The van der Waals surface area contributed by atoms with Crippen molar-refractivity contribution < 1.29 is 8.42 Å². The Morgan fingerprint density at radius 1 is 1.07 bits per heavy atom. The SMILES string of the molecule is CC(C)n1c(N2CC3CN(S(=O)(=O)c4nccn4C)CC3C2)nc2ccccc21. The van der Waals surface area contributed by atoms with Crippen LogP contribution in [-0.4, -0.2) is 58.0 Å². The molecule has 2 fully saturated rings. The van der Waals surface area contributed by atoms with Gasteiger partial charge in [0.2, 0.25) is 11.1 Å². The first-order chi connectivity index (χ1) is 13.9. The second kappa shape index (κ2) is 6.56. The summed E-state index contributed by atoms with van der Waals surface area (Å²) >= 11 is 0. The normalized spacial score (nSPS) is 22.8. The lowest BCUT2D eigenvalue weighted by Gasteiger charge is -2.24. The molecule has 2 aromatic heterocycles. The van der Waals surface area contributed by atoms with Gasteiger partial charge >= 0.3 is 0 Å². The highest BCUT2D eigenvalue weighted by Gasteiger charge is 2.46. The number of nitrogens with zero attached hydrogens (tertiary/aromatic N) is 6. The van der Waals surface area contributed by atoms with Crippen LogP contribution in [0.3, 0.4) is 0 Å². The van der Waals surface area contributed by atoms with Crippen LogP contribution < -0.4 is 4.90 Å². The molecule has 8 nitrogen and oxygen atoms in total. The summed E-state index contributed by atoms with van der Waals surface area (Å²) < 4.78 is 31.4. The molecule has 0 radical (unpaired) electrons. The molecule has 9 heteroatoms. The van der Waals surface area contributed by atoms with Crippen molar-refractivity contribution in [2.75, 3.05) is 31.1 Å². The molecular weight excluding hydrogens is 388 g/mol. The number of imidazole rings is 2. The topological polar surface area (TPSA) is 76.3 Å². The minimum absolute atomic E-state index is 0.121. The highest BCUT2D eigenvalue weighted by Crippen LogP contribution is 2.37. The summed E-state index contributed by atoms with van der Waals surface area (Å²) in [5.74, 6) is 1.62. The van der Waals surface area contributed by atoms with Gasteiger partial charge in [-0.3, -0.25) is 0 Å². The monoisotopic (exact) mass is 414 g/mol. The molecule has 2 atom stereocenters. The molecule has 154 valence electrons. The maximum atomic E-state index is 13.0. The number of hydrogen-bond donors (Lipinski definition) is 0. The van der Waals surface area contributed by atoms with E-state index in [4.69, 9.17) is 4.98 Å². The highest BCUT2D eigenvalue weighted by molar-refractivity contribution is 7.89. The van der Waals surface area contributed by atoms with Crippen molar-refractivity contribution in [2.45, 2.75) is 25.0 Å². The Labute approximate surface area is 170 Å². The lowest BCUT2D eigenvalue weighted by Crippen LogP contribution is -2.35. The number of rotatable bonds is 4. The van der Waals surface area contributed by atoms with Crippen LogP contribution in [0.15, 0.2) is 41.8 Å². The number of fused-ring (bicyclic) bond motifs is 2. The van der Waals surface area contributed by atoms with Crippen LogP contribution in [0.25, 0.3) is 11.0 Å². The summed E-state index contributed by atoms with van der Waals surface area (Å²) in [5, 5.41) is 0.121. The summed E-state index contributed by atoms with van der Waals surface area (Å²) in [7, 11) is -1.83. The van der Waals surface area contributed by atoms with Crippen LogP contribution in [0.1, 0.15) is 19.9 Å². The lowest BCUT2D eigenvalue weighted by atomic mass is 10.0. The zero-order valence-electron chi connectivity index (χ0n) is 16.9. The van der Waals surface area contributed by atoms with Gasteiger partial charge in [0.05, 0.1) is 11.0 Å². The fraction of sp³-hybridized carbons (Fsp3) is 0.500. The quantitative estimate of drug-likeness (QED) is 0.654. The van der Waals surface area contributed by atoms with E-state index in [2.05, 4.69) is 40.4 Å². The van der Waals surface area contributed by atoms with Gasteiger partial charge in [0.15, 0.2) is 0 Å². The number of sulfonamides is 1.